The van der Waals surface area contributed by atoms with Crippen LogP contribution in [0, 0.1) is 0 Å². The number of methoxy groups -OCH3 is 1. The average Bonchev–Trinajstić information content (AvgIpc) is 3.11. The van der Waals surface area contributed by atoms with E-state index in [2.05, 4.69) is 44.8 Å². The van der Waals surface area contributed by atoms with E-state index < -0.39 is 0 Å². The Bertz CT molecular complexity index is 1130. The Kier molecular flexibility index (Phi) is 8.09. The Balaban J connectivity index is 1.87. The highest BCUT2D eigenvalue weighted by Gasteiger charge is 2.23. The van der Waals surface area contributed by atoms with Gasteiger partial charge in [0, 0.05) is 24.8 Å². The first-order chi connectivity index (χ1) is 16.2. The third-order valence-corrected chi connectivity index (χ3v) is 5.64. The number of ketones is 1. The molecule has 0 unspecified atom stereocenters. The molecule has 0 fully saturated rings. The smallest absolute Gasteiger partial charge is 0.401 e. The van der Waals surface area contributed by atoms with Crippen LogP contribution in [0.3, 0.4) is 0 Å². The second kappa shape index (κ2) is 10.8. The molecule has 3 rings (SSSR count). The lowest BCUT2D eigenvalue weighted by molar-refractivity contribution is -0.723. The first-order valence-corrected chi connectivity index (χ1v) is 11.7. The Labute approximate surface area is 200 Å². The SMILES string of the molecule is CCC(CC)Oc1ccc2n[n+](CC(=O)c3cc(OCCOC)cc(C(C)(C)C)c3)c(N)n2n1. The van der Waals surface area contributed by atoms with Crippen molar-refractivity contribution in [2.24, 2.45) is 0 Å². The maximum atomic E-state index is 13.2. The predicted octanol–water partition coefficient (Wildman–Crippen LogP) is 3.37. The van der Waals surface area contributed by atoms with Crippen molar-refractivity contribution in [3.63, 3.8) is 0 Å². The van der Waals surface area contributed by atoms with Gasteiger partial charge >= 0.3 is 5.95 Å². The van der Waals surface area contributed by atoms with Crippen molar-refractivity contribution in [1.29, 1.82) is 0 Å². The quantitative estimate of drug-likeness (QED) is 0.260. The predicted molar refractivity (Wildman–Crippen MR) is 129 cm³/mol. The molecule has 0 saturated carbocycles. The Morgan fingerprint density at radius 2 is 1.88 bits per heavy atom. The number of anilines is 1. The van der Waals surface area contributed by atoms with Gasteiger partial charge in [0.1, 0.15) is 18.5 Å². The Hall–Kier alpha value is -3.20. The minimum atomic E-state index is -0.153. The molecule has 2 aromatic heterocycles. The zero-order chi connectivity index (χ0) is 24.9. The van der Waals surface area contributed by atoms with Crippen LogP contribution in [0.4, 0.5) is 5.95 Å². The standard InChI is InChI=1S/C25H35N5O4/c1-7-19(8-2)34-23-10-9-22-27-29(24(26)30(22)28-23)16-21(31)17-13-18(25(3,4)5)15-20(14-17)33-12-11-32-6/h9-10,13-15,19,26H,7-8,11-12,16H2,1-6H3/p+1. The van der Waals surface area contributed by atoms with Crippen LogP contribution in [0.5, 0.6) is 11.6 Å². The summed E-state index contributed by atoms with van der Waals surface area (Å²) in [6, 6.07) is 9.16. The number of aromatic nitrogens is 4. The van der Waals surface area contributed by atoms with Crippen molar-refractivity contribution in [3.8, 4) is 11.6 Å². The van der Waals surface area contributed by atoms with Gasteiger partial charge in [-0.3, -0.25) is 10.5 Å². The fraction of sp³-hybridized carbons (Fsp3) is 0.520. The van der Waals surface area contributed by atoms with Crippen molar-refractivity contribution in [1.82, 2.24) is 14.7 Å². The minimum Gasteiger partial charge on any atom is -0.491 e. The van der Waals surface area contributed by atoms with Crippen LogP contribution in [-0.2, 0) is 16.7 Å². The number of Topliss-reactive ketones (excluding diaryl/α,β-unsaturated/α-hetero) is 1. The number of nitrogens with two attached hydrogens (primary N) is 1. The largest absolute Gasteiger partial charge is 0.491 e. The second-order valence-corrected chi connectivity index (χ2v) is 9.27. The van der Waals surface area contributed by atoms with Crippen LogP contribution >= 0.6 is 0 Å². The molecule has 0 aliphatic heterocycles. The molecule has 0 aliphatic rings. The molecule has 9 nitrogen and oxygen atoms in total. The first-order valence-electron chi connectivity index (χ1n) is 11.7. The number of hydrogen-bond donors (Lipinski definition) is 1. The van der Waals surface area contributed by atoms with Gasteiger partial charge in [0.2, 0.25) is 5.88 Å². The number of fused-ring (bicyclic) bond motifs is 1. The van der Waals surface area contributed by atoms with Crippen molar-refractivity contribution in [2.75, 3.05) is 26.1 Å². The van der Waals surface area contributed by atoms with Crippen LogP contribution in [0.15, 0.2) is 30.3 Å². The summed E-state index contributed by atoms with van der Waals surface area (Å²) < 4.78 is 19.7. The molecule has 3 aromatic rings. The van der Waals surface area contributed by atoms with Crippen molar-refractivity contribution >= 4 is 17.4 Å². The number of carbonyl (C=O) groups excluding carboxylic acids is 1. The molecular weight excluding hydrogens is 434 g/mol. The van der Waals surface area contributed by atoms with Gasteiger partial charge in [-0.1, -0.05) is 49.3 Å². The van der Waals surface area contributed by atoms with E-state index in [9.17, 15) is 4.79 Å². The number of benzene rings is 1. The van der Waals surface area contributed by atoms with Crippen LogP contribution in [0.25, 0.3) is 5.65 Å². The first kappa shape index (κ1) is 25.4. The lowest BCUT2D eigenvalue weighted by Crippen LogP contribution is -2.42. The third-order valence-electron chi connectivity index (χ3n) is 5.64. The average molecular weight is 471 g/mol. The normalized spacial score (nSPS) is 11.9. The summed E-state index contributed by atoms with van der Waals surface area (Å²) in [5, 5.41) is 8.92. The van der Waals surface area contributed by atoms with Gasteiger partial charge in [0.25, 0.3) is 5.65 Å². The van der Waals surface area contributed by atoms with E-state index in [0.717, 1.165) is 18.4 Å². The summed E-state index contributed by atoms with van der Waals surface area (Å²) in [7, 11) is 1.62. The highest BCUT2D eigenvalue weighted by molar-refractivity contribution is 5.95. The number of nitrogens with zero attached hydrogens (tertiary/aromatic N) is 4. The maximum absolute atomic E-state index is 13.2. The van der Waals surface area contributed by atoms with Gasteiger partial charge in [0.15, 0.2) is 12.3 Å². The van der Waals surface area contributed by atoms with E-state index in [1.54, 1.807) is 25.3 Å². The zero-order valence-corrected chi connectivity index (χ0v) is 21.0. The number of ether oxygens (including phenoxy) is 3. The zero-order valence-electron chi connectivity index (χ0n) is 21.0. The molecule has 2 N–H and O–H groups in total. The fourth-order valence-electron chi connectivity index (χ4n) is 3.48. The molecule has 9 heteroatoms. The topological polar surface area (TPSA) is 105 Å². The molecule has 0 amide bonds. The second-order valence-electron chi connectivity index (χ2n) is 9.27. The Morgan fingerprint density at radius 1 is 1.15 bits per heavy atom. The van der Waals surface area contributed by atoms with Gasteiger partial charge in [-0.05, 0) is 42.0 Å². The van der Waals surface area contributed by atoms with Crippen molar-refractivity contribution in [2.45, 2.75) is 65.5 Å². The number of rotatable bonds is 11. The summed E-state index contributed by atoms with van der Waals surface area (Å²) in [5.74, 6) is 1.23. The van der Waals surface area contributed by atoms with Gasteiger partial charge in [0.05, 0.1) is 6.61 Å². The van der Waals surface area contributed by atoms with Gasteiger partial charge < -0.3 is 14.2 Å². The summed E-state index contributed by atoms with van der Waals surface area (Å²) in [6.07, 6.45) is 1.85. The highest BCUT2D eigenvalue weighted by Crippen LogP contribution is 2.28. The van der Waals surface area contributed by atoms with E-state index in [1.165, 1.54) is 9.20 Å². The molecule has 34 heavy (non-hydrogen) atoms. The number of nitrogen functional groups attached to an aromatic ring is 1. The molecule has 0 atom stereocenters. The lowest BCUT2D eigenvalue weighted by Gasteiger charge is -2.21. The molecule has 0 radical (unpaired) electrons. The molecule has 0 bridgehead atoms. The van der Waals surface area contributed by atoms with E-state index in [4.69, 9.17) is 19.9 Å². The maximum Gasteiger partial charge on any atom is 0.401 e. The summed E-state index contributed by atoms with van der Waals surface area (Å²) in [6.45, 7) is 11.3. The van der Waals surface area contributed by atoms with Gasteiger partial charge in [-0.2, -0.15) is 0 Å². The monoisotopic (exact) mass is 470 g/mol. The van der Waals surface area contributed by atoms with E-state index in [0.29, 0.717) is 36.1 Å². The van der Waals surface area contributed by atoms with Crippen LogP contribution < -0.4 is 19.9 Å². The van der Waals surface area contributed by atoms with E-state index in [1.807, 2.05) is 12.1 Å². The van der Waals surface area contributed by atoms with Crippen molar-refractivity contribution in [3.05, 3.63) is 41.5 Å². The molecular formula is C25H36N5O4+. The summed E-state index contributed by atoms with van der Waals surface area (Å²) in [4.78, 5) is 13.2. The molecule has 2 heterocycles. The van der Waals surface area contributed by atoms with Crippen LogP contribution in [0.2, 0.25) is 0 Å². The summed E-state index contributed by atoms with van der Waals surface area (Å²) in [5.41, 5.74) is 8.22. The van der Waals surface area contributed by atoms with Crippen LogP contribution in [-0.4, -0.2) is 46.9 Å². The van der Waals surface area contributed by atoms with Gasteiger partial charge in [-0.15, -0.1) is 4.68 Å². The minimum absolute atomic E-state index is 0.0248. The molecule has 184 valence electrons. The number of hydrogen-bond acceptors (Lipinski definition) is 7. The number of carbonyl (C=O) groups is 1. The van der Waals surface area contributed by atoms with E-state index >= 15 is 0 Å². The molecule has 1 aromatic carbocycles. The highest BCUT2D eigenvalue weighted by atomic mass is 16.5. The van der Waals surface area contributed by atoms with Crippen LogP contribution in [0.1, 0.15) is 63.4 Å². The molecule has 0 aliphatic carbocycles. The third kappa shape index (κ3) is 6.02. The molecule has 0 saturated heterocycles. The van der Waals surface area contributed by atoms with Gasteiger partial charge in [-0.25, -0.2) is 0 Å². The Morgan fingerprint density at radius 3 is 2.53 bits per heavy atom. The van der Waals surface area contributed by atoms with E-state index in [-0.39, 0.29) is 29.8 Å². The fourth-order valence-corrected chi connectivity index (χ4v) is 3.48. The summed E-state index contributed by atoms with van der Waals surface area (Å²) >= 11 is 0. The van der Waals surface area contributed by atoms with Crippen molar-refractivity contribution < 1.29 is 23.7 Å². The lowest BCUT2D eigenvalue weighted by atomic mass is 9.85. The molecule has 0 spiro atoms.